The lowest BCUT2D eigenvalue weighted by molar-refractivity contribution is 0.150. The van der Waals surface area contributed by atoms with Crippen molar-refractivity contribution in [3.8, 4) is 0 Å². The SMILES string of the molecule is CC.CC(C)c1ncc(C(F)F)cn1. The summed E-state index contributed by atoms with van der Waals surface area (Å²) in [6, 6.07) is 0. The molecule has 0 saturated heterocycles. The maximum atomic E-state index is 12.0. The molecule has 1 heterocycles. The van der Waals surface area contributed by atoms with Crippen LogP contribution in [-0.4, -0.2) is 9.97 Å². The maximum absolute atomic E-state index is 12.0. The fraction of sp³-hybridized carbons (Fsp3) is 0.600. The topological polar surface area (TPSA) is 25.8 Å². The number of hydrogen-bond donors (Lipinski definition) is 0. The Balaban J connectivity index is 0.000000791. The molecule has 2 nitrogen and oxygen atoms in total. The molecule has 0 unspecified atom stereocenters. The molecule has 14 heavy (non-hydrogen) atoms. The molecule has 80 valence electrons. The number of nitrogens with zero attached hydrogens (tertiary/aromatic N) is 2. The molecule has 0 saturated carbocycles. The quantitative estimate of drug-likeness (QED) is 0.732. The van der Waals surface area contributed by atoms with Crippen molar-refractivity contribution < 1.29 is 8.78 Å². The summed E-state index contributed by atoms with van der Waals surface area (Å²) in [5.41, 5.74) is -0.126. The number of aromatic nitrogens is 2. The van der Waals surface area contributed by atoms with Gasteiger partial charge < -0.3 is 0 Å². The highest BCUT2D eigenvalue weighted by Gasteiger charge is 2.08. The molecule has 0 radical (unpaired) electrons. The summed E-state index contributed by atoms with van der Waals surface area (Å²) >= 11 is 0. The van der Waals surface area contributed by atoms with Crippen molar-refractivity contribution in [1.82, 2.24) is 9.97 Å². The van der Waals surface area contributed by atoms with E-state index in [1.165, 1.54) is 12.4 Å². The summed E-state index contributed by atoms with van der Waals surface area (Å²) in [7, 11) is 0. The third-order valence-electron chi connectivity index (χ3n) is 1.46. The second-order valence-electron chi connectivity index (χ2n) is 2.83. The average molecular weight is 202 g/mol. The third-order valence-corrected chi connectivity index (χ3v) is 1.46. The van der Waals surface area contributed by atoms with Crippen LogP contribution in [-0.2, 0) is 0 Å². The number of rotatable bonds is 2. The molecule has 0 N–H and O–H groups in total. The van der Waals surface area contributed by atoms with E-state index in [9.17, 15) is 8.78 Å². The first kappa shape index (κ1) is 12.9. The van der Waals surface area contributed by atoms with Crippen LogP contribution >= 0.6 is 0 Å². The van der Waals surface area contributed by atoms with Gasteiger partial charge in [-0.1, -0.05) is 27.7 Å². The molecule has 0 atom stereocenters. The van der Waals surface area contributed by atoms with E-state index in [4.69, 9.17) is 0 Å². The minimum absolute atomic E-state index is 0.126. The minimum atomic E-state index is -2.48. The highest BCUT2D eigenvalue weighted by Crippen LogP contribution is 2.17. The Morgan fingerprint density at radius 3 is 1.79 bits per heavy atom. The van der Waals surface area contributed by atoms with E-state index in [0.29, 0.717) is 5.82 Å². The van der Waals surface area contributed by atoms with Gasteiger partial charge >= 0.3 is 0 Å². The largest absolute Gasteiger partial charge is 0.266 e. The minimum Gasteiger partial charge on any atom is -0.241 e. The highest BCUT2D eigenvalue weighted by atomic mass is 19.3. The molecule has 1 aromatic rings. The molecule has 0 aromatic carbocycles. The van der Waals surface area contributed by atoms with Gasteiger partial charge in [0.15, 0.2) is 0 Å². The Kier molecular flexibility index (Phi) is 5.92. The van der Waals surface area contributed by atoms with E-state index in [2.05, 4.69) is 9.97 Å². The first-order valence-corrected chi connectivity index (χ1v) is 4.71. The van der Waals surface area contributed by atoms with Crippen LogP contribution in [0, 0.1) is 0 Å². The fourth-order valence-electron chi connectivity index (χ4n) is 0.759. The van der Waals surface area contributed by atoms with Crippen molar-refractivity contribution in [2.45, 2.75) is 40.0 Å². The molecule has 0 fully saturated rings. The lowest BCUT2D eigenvalue weighted by Crippen LogP contribution is -1.98. The van der Waals surface area contributed by atoms with Gasteiger partial charge in [-0.15, -0.1) is 0 Å². The summed E-state index contributed by atoms with van der Waals surface area (Å²) in [6.45, 7) is 7.83. The van der Waals surface area contributed by atoms with Gasteiger partial charge in [0, 0.05) is 18.3 Å². The summed E-state index contributed by atoms with van der Waals surface area (Å²) in [4.78, 5) is 7.62. The molecule has 1 rings (SSSR count). The highest BCUT2D eigenvalue weighted by molar-refractivity contribution is 5.07. The Hall–Kier alpha value is -1.06. The van der Waals surface area contributed by atoms with Crippen molar-refractivity contribution in [2.24, 2.45) is 0 Å². The summed E-state index contributed by atoms with van der Waals surface area (Å²) < 4.78 is 24.0. The number of alkyl halides is 2. The Morgan fingerprint density at radius 1 is 1.07 bits per heavy atom. The van der Waals surface area contributed by atoms with Crippen molar-refractivity contribution in [3.05, 3.63) is 23.8 Å². The van der Waals surface area contributed by atoms with Gasteiger partial charge in [-0.25, -0.2) is 18.7 Å². The van der Waals surface area contributed by atoms with Gasteiger partial charge in [0.25, 0.3) is 6.43 Å². The molecule has 4 heteroatoms. The average Bonchev–Trinajstić information content (AvgIpc) is 2.21. The van der Waals surface area contributed by atoms with Crippen molar-refractivity contribution in [1.29, 1.82) is 0 Å². The Bertz CT molecular complexity index is 218. The van der Waals surface area contributed by atoms with Crippen LogP contribution in [0.3, 0.4) is 0 Å². The normalized spacial score (nSPS) is 10.0. The van der Waals surface area contributed by atoms with Gasteiger partial charge in [-0.05, 0) is 0 Å². The summed E-state index contributed by atoms with van der Waals surface area (Å²) in [5, 5.41) is 0. The molecular formula is C10H16F2N2. The van der Waals surface area contributed by atoms with E-state index < -0.39 is 6.43 Å². The molecule has 0 amide bonds. The van der Waals surface area contributed by atoms with Gasteiger partial charge in [0.1, 0.15) is 5.82 Å². The predicted octanol–water partition coefficient (Wildman–Crippen LogP) is 3.56. The first-order valence-electron chi connectivity index (χ1n) is 4.71. The zero-order valence-electron chi connectivity index (χ0n) is 8.96. The van der Waals surface area contributed by atoms with Crippen molar-refractivity contribution in [2.75, 3.05) is 0 Å². The summed E-state index contributed by atoms with van der Waals surface area (Å²) in [5.74, 6) is 0.774. The zero-order valence-corrected chi connectivity index (χ0v) is 8.96. The van der Waals surface area contributed by atoms with Crippen LogP contribution in [0.4, 0.5) is 8.78 Å². The van der Waals surface area contributed by atoms with Crippen LogP contribution < -0.4 is 0 Å². The molecule has 0 bridgehead atoms. The van der Waals surface area contributed by atoms with E-state index in [1.54, 1.807) is 0 Å². The van der Waals surface area contributed by atoms with Crippen LogP contribution in [0.25, 0.3) is 0 Å². The first-order chi connectivity index (χ1) is 6.61. The lowest BCUT2D eigenvalue weighted by Gasteiger charge is -2.03. The fourth-order valence-corrected chi connectivity index (χ4v) is 0.759. The van der Waals surface area contributed by atoms with Crippen molar-refractivity contribution >= 4 is 0 Å². The second kappa shape index (κ2) is 6.40. The molecule has 0 aliphatic carbocycles. The van der Waals surface area contributed by atoms with Gasteiger partial charge in [-0.2, -0.15) is 0 Å². The number of halogens is 2. The third kappa shape index (κ3) is 3.77. The van der Waals surface area contributed by atoms with Crippen LogP contribution in [0.2, 0.25) is 0 Å². The van der Waals surface area contributed by atoms with Gasteiger partial charge in [-0.3, -0.25) is 0 Å². The standard InChI is InChI=1S/C8H10F2N2.C2H6/c1-5(2)8-11-3-6(4-12-8)7(9)10;1-2/h3-5,7H,1-2H3;1-2H3. The maximum Gasteiger partial charge on any atom is 0.266 e. The molecule has 0 aliphatic rings. The lowest BCUT2D eigenvalue weighted by atomic mass is 10.2. The molecule has 0 spiro atoms. The van der Waals surface area contributed by atoms with Gasteiger partial charge in [0.2, 0.25) is 0 Å². The summed E-state index contributed by atoms with van der Waals surface area (Å²) in [6.07, 6.45) is -0.133. The van der Waals surface area contributed by atoms with E-state index in [-0.39, 0.29) is 11.5 Å². The van der Waals surface area contributed by atoms with Crippen LogP contribution in [0.1, 0.15) is 51.4 Å². The van der Waals surface area contributed by atoms with Crippen LogP contribution in [0.5, 0.6) is 0 Å². The zero-order chi connectivity index (χ0) is 11.1. The van der Waals surface area contributed by atoms with E-state index in [1.807, 2.05) is 27.7 Å². The van der Waals surface area contributed by atoms with Crippen molar-refractivity contribution in [3.63, 3.8) is 0 Å². The van der Waals surface area contributed by atoms with Gasteiger partial charge in [0.05, 0.1) is 5.56 Å². The Morgan fingerprint density at radius 2 is 1.50 bits per heavy atom. The number of hydrogen-bond acceptors (Lipinski definition) is 2. The van der Waals surface area contributed by atoms with E-state index >= 15 is 0 Å². The molecule has 0 aliphatic heterocycles. The monoisotopic (exact) mass is 202 g/mol. The van der Waals surface area contributed by atoms with Crippen LogP contribution in [0.15, 0.2) is 12.4 Å². The smallest absolute Gasteiger partial charge is 0.241 e. The Labute approximate surface area is 83.4 Å². The predicted molar refractivity (Wildman–Crippen MR) is 52.4 cm³/mol. The van der Waals surface area contributed by atoms with E-state index in [0.717, 1.165) is 0 Å². The molecular weight excluding hydrogens is 186 g/mol. The second-order valence-corrected chi connectivity index (χ2v) is 2.83. The molecule has 1 aromatic heterocycles.